The molecule has 0 bridgehead atoms. The lowest BCUT2D eigenvalue weighted by atomic mass is 10.1. The number of aromatic nitrogens is 2. The molecule has 0 aliphatic heterocycles. The maximum Gasteiger partial charge on any atom is 0.319 e. The number of benzene rings is 4. The Labute approximate surface area is 365 Å². The van der Waals surface area contributed by atoms with E-state index in [1.165, 1.54) is 14.2 Å². The van der Waals surface area contributed by atoms with Gasteiger partial charge in [0.2, 0.25) is 0 Å². The summed E-state index contributed by atoms with van der Waals surface area (Å²) in [6.45, 7) is 1.61. The average molecular weight is 880 g/mol. The second kappa shape index (κ2) is 17.9. The van der Waals surface area contributed by atoms with Gasteiger partial charge in [0.05, 0.1) is 64.0 Å². The molecule has 2 fully saturated rings. The summed E-state index contributed by atoms with van der Waals surface area (Å²) in [6, 6.07) is 19.1. The van der Waals surface area contributed by atoms with E-state index in [0.717, 1.165) is 25.7 Å². The lowest BCUT2D eigenvalue weighted by Gasteiger charge is -2.19. The Balaban J connectivity index is 0.966. The number of ether oxygens (including phenoxy) is 4. The van der Waals surface area contributed by atoms with E-state index in [1.807, 2.05) is 0 Å². The summed E-state index contributed by atoms with van der Waals surface area (Å²) >= 11 is 13.0. The number of hydrogen-bond acceptors (Lipinski definition) is 10. The number of anilines is 2. The molecule has 6 amide bonds. The second-order valence-corrected chi connectivity index (χ2v) is 15.5. The SMILES string of the molecule is COc1cc2nccc(Oc3ccc(NC(=O)NC4CC4)c(Cl)c3)c2cc1C(=O)NC(C)NC(=O)c1cc2c(Oc3ccc(NC(=O)NC4CC4)c(Cl)c3)ccnc2cc1OC. The summed E-state index contributed by atoms with van der Waals surface area (Å²) in [5.74, 6) is 0.896. The van der Waals surface area contributed by atoms with Crippen molar-refractivity contribution in [1.29, 1.82) is 0 Å². The summed E-state index contributed by atoms with van der Waals surface area (Å²) in [5.41, 5.74) is 2.13. The summed E-state index contributed by atoms with van der Waals surface area (Å²) in [4.78, 5) is 61.0. The highest BCUT2D eigenvalue weighted by atomic mass is 35.5. The van der Waals surface area contributed by atoms with Gasteiger partial charge in [-0.25, -0.2) is 9.59 Å². The largest absolute Gasteiger partial charge is 0.496 e. The standard InChI is InChI=1S/C44H40Cl2N8O8/c1-22(49-41(55)29-18-27-35(20-39(29)59-2)47-14-12-37(27)61-25-8-10-33(31(45)16-25)53-43(57)51-23-4-5-23)50-42(56)30-19-28-36(21-40(30)60-3)48-15-13-38(28)62-26-9-11-34(32(46)17-26)54-44(58)52-24-6-7-24/h8-24H,4-7H2,1-3H3,(H,49,55)(H,50,56)(H2,51,53,57)(H2,52,54,58). The molecular weight excluding hydrogens is 839 g/mol. The number of pyridine rings is 2. The first kappa shape index (κ1) is 41.7. The highest BCUT2D eigenvalue weighted by Gasteiger charge is 2.25. The number of rotatable bonds is 14. The van der Waals surface area contributed by atoms with E-state index in [-0.39, 0.29) is 56.8 Å². The van der Waals surface area contributed by atoms with Crippen LogP contribution in [0.25, 0.3) is 21.8 Å². The zero-order chi connectivity index (χ0) is 43.5. The van der Waals surface area contributed by atoms with E-state index < -0.39 is 18.0 Å². The van der Waals surface area contributed by atoms with Crippen LogP contribution in [0, 0.1) is 0 Å². The van der Waals surface area contributed by atoms with Gasteiger partial charge in [0.25, 0.3) is 11.8 Å². The van der Waals surface area contributed by atoms with Crippen molar-refractivity contribution >= 4 is 80.3 Å². The summed E-state index contributed by atoms with van der Waals surface area (Å²) < 4.78 is 23.5. The Kier molecular flexibility index (Phi) is 12.0. The van der Waals surface area contributed by atoms with Crippen LogP contribution in [0.15, 0.2) is 85.2 Å². The van der Waals surface area contributed by atoms with Crippen molar-refractivity contribution in [1.82, 2.24) is 31.2 Å². The molecule has 18 heteroatoms. The van der Waals surface area contributed by atoms with E-state index in [9.17, 15) is 19.2 Å². The van der Waals surface area contributed by atoms with Crippen LogP contribution in [0.5, 0.6) is 34.5 Å². The predicted molar refractivity (Wildman–Crippen MR) is 234 cm³/mol. The van der Waals surface area contributed by atoms with Crippen molar-refractivity contribution in [2.24, 2.45) is 0 Å². The summed E-state index contributed by atoms with van der Waals surface area (Å²) in [7, 11) is 2.87. The highest BCUT2D eigenvalue weighted by molar-refractivity contribution is 6.34. The van der Waals surface area contributed by atoms with Crippen molar-refractivity contribution in [3.8, 4) is 34.5 Å². The molecule has 318 valence electrons. The van der Waals surface area contributed by atoms with Crippen LogP contribution in [0.3, 0.4) is 0 Å². The Hall–Kier alpha value is -7.04. The molecule has 8 rings (SSSR count). The van der Waals surface area contributed by atoms with E-state index in [2.05, 4.69) is 41.9 Å². The number of halogens is 2. The van der Waals surface area contributed by atoms with Gasteiger partial charge in [-0.1, -0.05) is 23.2 Å². The van der Waals surface area contributed by atoms with E-state index in [1.54, 1.807) is 92.1 Å². The van der Waals surface area contributed by atoms with Crippen LogP contribution in [-0.2, 0) is 0 Å². The van der Waals surface area contributed by atoms with Gasteiger partial charge in [0, 0.05) is 59.5 Å². The van der Waals surface area contributed by atoms with Crippen molar-refractivity contribution in [3.05, 3.63) is 106 Å². The van der Waals surface area contributed by atoms with Gasteiger partial charge in [-0.2, -0.15) is 0 Å². The third-order valence-corrected chi connectivity index (χ3v) is 10.5. The van der Waals surface area contributed by atoms with Gasteiger partial charge >= 0.3 is 12.1 Å². The average Bonchev–Trinajstić information content (AvgIpc) is 4.20. The zero-order valence-electron chi connectivity index (χ0n) is 33.6. The van der Waals surface area contributed by atoms with Crippen LogP contribution in [0.2, 0.25) is 10.0 Å². The molecule has 0 radical (unpaired) electrons. The number of nitrogens with one attached hydrogen (secondary N) is 6. The third-order valence-electron chi connectivity index (χ3n) is 9.89. The van der Waals surface area contributed by atoms with E-state index in [0.29, 0.717) is 56.2 Å². The third kappa shape index (κ3) is 9.77. The Morgan fingerprint density at radius 1 is 0.597 bits per heavy atom. The van der Waals surface area contributed by atoms with Crippen molar-refractivity contribution < 1.29 is 38.1 Å². The fraction of sp³-hybridized carbons (Fsp3) is 0.227. The Bertz CT molecular complexity index is 2560. The molecule has 0 atom stereocenters. The number of amides is 6. The van der Waals surface area contributed by atoms with E-state index in [4.69, 9.17) is 42.1 Å². The minimum Gasteiger partial charge on any atom is -0.496 e. The summed E-state index contributed by atoms with van der Waals surface area (Å²) in [6.07, 6.45) is 6.05. The van der Waals surface area contributed by atoms with Gasteiger partial charge < -0.3 is 50.8 Å². The monoisotopic (exact) mass is 878 g/mol. The molecule has 4 aromatic carbocycles. The smallest absolute Gasteiger partial charge is 0.319 e. The van der Waals surface area contributed by atoms with Crippen LogP contribution >= 0.6 is 23.2 Å². The normalized spacial score (nSPS) is 13.3. The maximum atomic E-state index is 13.8. The molecule has 2 aliphatic carbocycles. The first-order valence-corrected chi connectivity index (χ1v) is 20.3. The van der Waals surface area contributed by atoms with Crippen LogP contribution < -0.4 is 50.8 Å². The number of nitrogens with zero attached hydrogens (tertiary/aromatic N) is 2. The minimum absolute atomic E-state index is 0.153. The van der Waals surface area contributed by atoms with Crippen LogP contribution in [0.4, 0.5) is 21.0 Å². The number of methoxy groups -OCH3 is 2. The first-order chi connectivity index (χ1) is 29.9. The van der Waals surface area contributed by atoms with Gasteiger partial charge in [0.1, 0.15) is 34.5 Å². The molecule has 62 heavy (non-hydrogen) atoms. The molecule has 2 heterocycles. The van der Waals surface area contributed by atoms with Crippen molar-refractivity contribution in [2.75, 3.05) is 24.9 Å². The fourth-order valence-corrected chi connectivity index (χ4v) is 6.91. The molecule has 2 aromatic heterocycles. The molecule has 16 nitrogen and oxygen atoms in total. The highest BCUT2D eigenvalue weighted by Crippen LogP contribution is 2.37. The quantitative estimate of drug-likeness (QED) is 0.0574. The van der Waals surface area contributed by atoms with Gasteiger partial charge in [-0.3, -0.25) is 19.6 Å². The molecule has 0 saturated heterocycles. The molecule has 0 spiro atoms. The lowest BCUT2D eigenvalue weighted by molar-refractivity contribution is 0.0888. The molecule has 0 unspecified atom stereocenters. The second-order valence-electron chi connectivity index (χ2n) is 14.7. The minimum atomic E-state index is -0.883. The molecule has 6 N–H and O–H groups in total. The number of fused-ring (bicyclic) bond motifs is 2. The number of carbonyl (C=O) groups excluding carboxylic acids is 4. The molecule has 6 aromatic rings. The molecule has 2 saturated carbocycles. The van der Waals surface area contributed by atoms with Crippen molar-refractivity contribution in [2.45, 2.75) is 50.9 Å². The van der Waals surface area contributed by atoms with Crippen LogP contribution in [0.1, 0.15) is 53.3 Å². The molecular formula is C44H40Cl2N8O8. The number of urea groups is 2. The maximum absolute atomic E-state index is 13.8. The predicted octanol–water partition coefficient (Wildman–Crippen LogP) is 8.77. The Morgan fingerprint density at radius 2 is 1.02 bits per heavy atom. The first-order valence-electron chi connectivity index (χ1n) is 19.6. The lowest BCUT2D eigenvalue weighted by Crippen LogP contribution is -2.46. The fourth-order valence-electron chi connectivity index (χ4n) is 6.47. The van der Waals surface area contributed by atoms with Gasteiger partial charge in [-0.05, 0) is 81.1 Å². The van der Waals surface area contributed by atoms with Gasteiger partial charge in [0.15, 0.2) is 0 Å². The van der Waals surface area contributed by atoms with Gasteiger partial charge in [-0.15, -0.1) is 0 Å². The van der Waals surface area contributed by atoms with Crippen molar-refractivity contribution in [3.63, 3.8) is 0 Å². The topological polar surface area (TPSA) is 203 Å². The molecule has 2 aliphatic rings. The summed E-state index contributed by atoms with van der Waals surface area (Å²) in [5, 5.41) is 18.4. The number of hydrogen-bond donors (Lipinski definition) is 6. The zero-order valence-corrected chi connectivity index (χ0v) is 35.1. The van der Waals surface area contributed by atoms with Crippen LogP contribution in [-0.4, -0.2) is 66.3 Å². The number of carbonyl (C=O) groups is 4. The van der Waals surface area contributed by atoms with E-state index >= 15 is 0 Å². The Morgan fingerprint density at radius 3 is 1.39 bits per heavy atom.